The van der Waals surface area contributed by atoms with Gasteiger partial charge in [0.25, 0.3) is 0 Å². The molecule has 6 atom stereocenters. The number of nitrogens with zero attached hydrogens (tertiary/aromatic N) is 2. The number of carbonyl (C=O) groups excluding carboxylic acids is 1. The van der Waals surface area contributed by atoms with Crippen molar-refractivity contribution in [2.75, 3.05) is 6.54 Å². The van der Waals surface area contributed by atoms with Gasteiger partial charge >= 0.3 is 0 Å². The van der Waals surface area contributed by atoms with Gasteiger partial charge in [-0.15, -0.1) is 0 Å². The van der Waals surface area contributed by atoms with Crippen molar-refractivity contribution >= 4 is 11.5 Å². The quantitative estimate of drug-likeness (QED) is 0.601. The van der Waals surface area contributed by atoms with E-state index in [4.69, 9.17) is 0 Å². The molecule has 0 bridgehead atoms. The van der Waals surface area contributed by atoms with Gasteiger partial charge < -0.3 is 4.90 Å². The van der Waals surface area contributed by atoms with Gasteiger partial charge in [0.15, 0.2) is 0 Å². The van der Waals surface area contributed by atoms with Gasteiger partial charge in [0.05, 0.1) is 0 Å². The molecule has 162 valence electrons. The molecule has 0 N–H and O–H groups in total. The van der Waals surface area contributed by atoms with Crippen LogP contribution < -0.4 is 0 Å². The van der Waals surface area contributed by atoms with E-state index in [9.17, 15) is 4.79 Å². The summed E-state index contributed by atoms with van der Waals surface area (Å²) in [6.07, 6.45) is 16.0. The number of pyridine rings is 1. The summed E-state index contributed by atoms with van der Waals surface area (Å²) in [6.45, 7) is 10.2. The predicted molar refractivity (Wildman–Crippen MR) is 122 cm³/mol. The van der Waals surface area contributed by atoms with E-state index in [1.807, 2.05) is 13.1 Å². The zero-order chi connectivity index (χ0) is 21.1. The van der Waals surface area contributed by atoms with E-state index in [-0.39, 0.29) is 5.41 Å². The van der Waals surface area contributed by atoms with Crippen LogP contribution in [-0.2, 0) is 4.79 Å². The topological polar surface area (TPSA) is 33.2 Å². The van der Waals surface area contributed by atoms with Crippen molar-refractivity contribution in [3.05, 3.63) is 35.7 Å². The Morgan fingerprint density at radius 3 is 2.77 bits per heavy atom. The summed E-state index contributed by atoms with van der Waals surface area (Å²) < 4.78 is 0. The Balaban J connectivity index is 1.43. The maximum atomic E-state index is 12.7. The van der Waals surface area contributed by atoms with Gasteiger partial charge in [0.1, 0.15) is 0 Å². The molecular weight excluding hydrogens is 368 g/mol. The van der Waals surface area contributed by atoms with Gasteiger partial charge in [-0.3, -0.25) is 9.78 Å². The Morgan fingerprint density at radius 2 is 2.00 bits per heavy atom. The molecule has 4 aliphatic rings. The largest absolute Gasteiger partial charge is 0.339 e. The van der Waals surface area contributed by atoms with Crippen molar-refractivity contribution in [1.82, 2.24) is 9.88 Å². The first-order valence-electron chi connectivity index (χ1n) is 12.3. The van der Waals surface area contributed by atoms with Crippen LogP contribution in [0.15, 0.2) is 24.5 Å². The summed E-state index contributed by atoms with van der Waals surface area (Å²) in [5.74, 6) is 2.70. The van der Waals surface area contributed by atoms with Gasteiger partial charge in [-0.2, -0.15) is 0 Å². The van der Waals surface area contributed by atoms with Gasteiger partial charge in [-0.1, -0.05) is 26.8 Å². The highest BCUT2D eigenvalue weighted by molar-refractivity contribution is 5.76. The molecule has 3 fully saturated rings. The number of aryl methyl sites for hydroxylation is 1. The number of allylic oxidation sites excluding steroid dienone is 2. The fourth-order valence-electron chi connectivity index (χ4n) is 8.30. The first kappa shape index (κ1) is 20.3. The fraction of sp³-hybridized carbons (Fsp3) is 0.704. The van der Waals surface area contributed by atoms with Crippen LogP contribution in [0, 0.1) is 35.5 Å². The second kappa shape index (κ2) is 7.21. The molecule has 5 rings (SSSR count). The van der Waals surface area contributed by atoms with E-state index < -0.39 is 0 Å². The van der Waals surface area contributed by atoms with Crippen LogP contribution in [0.2, 0.25) is 0 Å². The number of piperidine rings is 1. The first-order valence-corrected chi connectivity index (χ1v) is 12.3. The van der Waals surface area contributed by atoms with Crippen molar-refractivity contribution in [2.45, 2.75) is 85.1 Å². The zero-order valence-corrected chi connectivity index (χ0v) is 19.3. The molecule has 2 heterocycles. The highest BCUT2D eigenvalue weighted by Gasteiger charge is 2.59. The third-order valence-corrected chi connectivity index (χ3v) is 9.70. The Morgan fingerprint density at radius 1 is 1.17 bits per heavy atom. The number of hydrogen-bond acceptors (Lipinski definition) is 2. The van der Waals surface area contributed by atoms with Crippen molar-refractivity contribution in [2.24, 2.45) is 28.6 Å². The minimum atomic E-state index is 0.285. The van der Waals surface area contributed by atoms with Crippen LogP contribution in [0.1, 0.15) is 83.3 Å². The van der Waals surface area contributed by atoms with Crippen molar-refractivity contribution in [3.63, 3.8) is 0 Å². The lowest BCUT2D eigenvalue weighted by Gasteiger charge is -2.62. The lowest BCUT2D eigenvalue weighted by molar-refractivity contribution is -0.153. The molecular formula is C27H38N2O. The monoisotopic (exact) mass is 406 g/mol. The highest BCUT2D eigenvalue weighted by atomic mass is 16.2. The van der Waals surface area contributed by atoms with Crippen LogP contribution in [-0.4, -0.2) is 28.4 Å². The normalized spacial score (nSPS) is 40.3. The molecule has 2 saturated carbocycles. The molecule has 1 amide bonds. The van der Waals surface area contributed by atoms with E-state index in [0.29, 0.717) is 23.8 Å². The Kier molecular flexibility index (Phi) is 4.87. The maximum absolute atomic E-state index is 12.7. The number of likely N-dealkylation sites (tertiary alicyclic amines) is 1. The predicted octanol–water partition coefficient (Wildman–Crippen LogP) is 6.03. The molecule has 30 heavy (non-hydrogen) atoms. The number of amides is 1. The Bertz CT molecular complexity index is 875. The van der Waals surface area contributed by atoms with Crippen LogP contribution in [0.5, 0.6) is 0 Å². The number of aromatic nitrogens is 1. The number of fused-ring (bicyclic) bond motifs is 5. The van der Waals surface area contributed by atoms with E-state index in [1.165, 1.54) is 56.1 Å². The average Bonchev–Trinajstić information content (AvgIpc) is 3.09. The number of rotatable bonds is 2. The Labute approximate surface area is 182 Å². The summed E-state index contributed by atoms with van der Waals surface area (Å²) in [4.78, 5) is 19.5. The highest BCUT2D eigenvalue weighted by Crippen LogP contribution is 2.66. The van der Waals surface area contributed by atoms with Crippen LogP contribution in [0.25, 0.3) is 5.57 Å². The average molecular weight is 407 g/mol. The molecule has 3 aliphatic carbocycles. The third-order valence-electron chi connectivity index (χ3n) is 9.70. The van der Waals surface area contributed by atoms with Crippen LogP contribution in [0.4, 0.5) is 0 Å². The number of hydrogen-bond donors (Lipinski definition) is 0. The second-order valence-corrected chi connectivity index (χ2v) is 11.1. The third kappa shape index (κ3) is 2.83. The van der Waals surface area contributed by atoms with Gasteiger partial charge in [0, 0.05) is 31.4 Å². The molecule has 0 radical (unpaired) electrons. The maximum Gasteiger partial charge on any atom is 0.222 e. The molecule has 3 heteroatoms. The molecule has 0 aromatic carbocycles. The molecule has 1 aromatic heterocycles. The van der Waals surface area contributed by atoms with Gasteiger partial charge in [-0.05, 0) is 103 Å². The summed E-state index contributed by atoms with van der Waals surface area (Å²) in [5.41, 5.74) is 4.75. The van der Waals surface area contributed by atoms with Crippen molar-refractivity contribution in [3.8, 4) is 0 Å². The molecule has 1 unspecified atom stereocenters. The molecule has 0 spiro atoms. The summed E-state index contributed by atoms with van der Waals surface area (Å²) >= 11 is 0. The SMILES string of the molecule is CCC(=O)N1CCC[C@@]2(C)C1CC[C@@H]1[C@@H]2CC[C@]2(C)C(c3cncc(C)c3)=CC[C@@H]12. The number of carbonyl (C=O) groups is 1. The standard InChI is InChI=1S/C27H38N2O/c1-5-25(30)29-14-6-12-27(4)23-11-13-26(3)21(19-15-18(2)16-28-17-19)8-9-22(26)20(23)7-10-24(27)29/h8,15-17,20,22-24H,5-7,9-14H2,1-4H3/t20-,22-,23-,24?,26+,27+/m0/s1. The smallest absolute Gasteiger partial charge is 0.222 e. The van der Waals surface area contributed by atoms with E-state index in [1.54, 1.807) is 5.57 Å². The van der Waals surface area contributed by atoms with Gasteiger partial charge in [-0.25, -0.2) is 0 Å². The lowest BCUT2D eigenvalue weighted by atomic mass is 9.46. The molecule has 3 nitrogen and oxygen atoms in total. The van der Waals surface area contributed by atoms with E-state index in [0.717, 1.165) is 24.3 Å². The van der Waals surface area contributed by atoms with Gasteiger partial charge in [0.2, 0.25) is 5.91 Å². The second-order valence-electron chi connectivity index (χ2n) is 11.1. The van der Waals surface area contributed by atoms with Crippen LogP contribution >= 0.6 is 0 Å². The van der Waals surface area contributed by atoms with Crippen molar-refractivity contribution in [1.29, 1.82) is 0 Å². The summed E-state index contributed by atoms with van der Waals surface area (Å²) in [7, 11) is 0. The minimum absolute atomic E-state index is 0.285. The zero-order valence-electron chi connectivity index (χ0n) is 19.3. The Hall–Kier alpha value is -1.64. The fourth-order valence-corrected chi connectivity index (χ4v) is 8.30. The van der Waals surface area contributed by atoms with E-state index in [2.05, 4.69) is 49.0 Å². The molecule has 1 aliphatic heterocycles. The lowest BCUT2D eigenvalue weighted by Crippen LogP contribution is -2.61. The molecule has 1 saturated heterocycles. The summed E-state index contributed by atoms with van der Waals surface area (Å²) in [6, 6.07) is 2.80. The molecule has 1 aromatic rings. The minimum Gasteiger partial charge on any atom is -0.339 e. The van der Waals surface area contributed by atoms with E-state index >= 15 is 0 Å². The first-order chi connectivity index (χ1) is 14.4. The summed E-state index contributed by atoms with van der Waals surface area (Å²) in [5, 5.41) is 0. The van der Waals surface area contributed by atoms with Crippen LogP contribution in [0.3, 0.4) is 0 Å². The van der Waals surface area contributed by atoms with Crippen molar-refractivity contribution < 1.29 is 4.79 Å².